The number of likely N-dealkylation sites (tertiary alicyclic amines) is 1. The van der Waals surface area contributed by atoms with Crippen molar-refractivity contribution in [1.82, 2.24) is 15.0 Å². The number of rotatable bonds is 5. The predicted molar refractivity (Wildman–Crippen MR) is 104 cm³/mol. The lowest BCUT2D eigenvalue weighted by Crippen LogP contribution is -2.38. The molecule has 0 aliphatic carbocycles. The van der Waals surface area contributed by atoms with Crippen LogP contribution in [0.25, 0.3) is 11.4 Å². The fraction of sp³-hybridized carbons (Fsp3) is 0.318. The normalized spacial score (nSPS) is 17.8. The zero-order valence-corrected chi connectivity index (χ0v) is 16.1. The molecule has 2 heterocycles. The van der Waals surface area contributed by atoms with Gasteiger partial charge >= 0.3 is 6.18 Å². The number of nitrogens with zero attached hydrogens (tertiary/aromatic N) is 3. The maximum atomic E-state index is 12.7. The highest BCUT2D eigenvalue weighted by Crippen LogP contribution is 2.30. The lowest BCUT2D eigenvalue weighted by Gasteiger charge is -2.30. The highest BCUT2D eigenvalue weighted by Gasteiger charge is 2.30. The quantitative estimate of drug-likeness (QED) is 0.558. The SMILES string of the molecule is O=C(c1ccccc1)C1CCCN(Cc2nc(-c3ccc(C(F)(F)F)cc3)no2)C1. The molecular weight excluding hydrogens is 395 g/mol. The van der Waals surface area contributed by atoms with Crippen molar-refractivity contribution in [3.8, 4) is 11.4 Å². The van der Waals surface area contributed by atoms with Crippen LogP contribution in [-0.4, -0.2) is 33.9 Å². The topological polar surface area (TPSA) is 59.2 Å². The van der Waals surface area contributed by atoms with E-state index < -0.39 is 11.7 Å². The van der Waals surface area contributed by atoms with Crippen LogP contribution in [0.3, 0.4) is 0 Å². The Bertz CT molecular complexity index is 1000. The number of halogens is 3. The van der Waals surface area contributed by atoms with Crippen molar-refractivity contribution in [3.05, 3.63) is 71.6 Å². The average Bonchev–Trinajstić information content (AvgIpc) is 3.22. The molecule has 5 nitrogen and oxygen atoms in total. The van der Waals surface area contributed by atoms with Gasteiger partial charge < -0.3 is 4.52 Å². The van der Waals surface area contributed by atoms with Crippen LogP contribution in [0, 0.1) is 5.92 Å². The zero-order valence-electron chi connectivity index (χ0n) is 16.1. The van der Waals surface area contributed by atoms with E-state index in [9.17, 15) is 18.0 Å². The van der Waals surface area contributed by atoms with E-state index in [-0.39, 0.29) is 17.5 Å². The van der Waals surface area contributed by atoms with Gasteiger partial charge in [-0.05, 0) is 31.5 Å². The van der Waals surface area contributed by atoms with Crippen molar-refractivity contribution in [2.24, 2.45) is 5.92 Å². The van der Waals surface area contributed by atoms with E-state index in [2.05, 4.69) is 15.0 Å². The van der Waals surface area contributed by atoms with Crippen molar-refractivity contribution in [2.75, 3.05) is 13.1 Å². The van der Waals surface area contributed by atoms with E-state index in [0.717, 1.165) is 31.5 Å². The summed E-state index contributed by atoms with van der Waals surface area (Å²) < 4.78 is 43.4. The number of carbonyl (C=O) groups excluding carboxylic acids is 1. The number of hydrogen-bond donors (Lipinski definition) is 0. The van der Waals surface area contributed by atoms with E-state index in [1.54, 1.807) is 0 Å². The molecule has 1 aliphatic heterocycles. The van der Waals surface area contributed by atoms with Crippen LogP contribution in [0.2, 0.25) is 0 Å². The first-order valence-corrected chi connectivity index (χ1v) is 9.72. The summed E-state index contributed by atoms with van der Waals surface area (Å²) in [5, 5.41) is 3.88. The van der Waals surface area contributed by atoms with Crippen LogP contribution >= 0.6 is 0 Å². The molecule has 30 heavy (non-hydrogen) atoms. The van der Waals surface area contributed by atoms with Gasteiger partial charge in [0.25, 0.3) is 0 Å². The van der Waals surface area contributed by atoms with Gasteiger partial charge in [-0.15, -0.1) is 0 Å². The molecular formula is C22H20F3N3O2. The minimum absolute atomic E-state index is 0.0848. The molecule has 2 aromatic carbocycles. The first kappa shape index (κ1) is 20.3. The average molecular weight is 415 g/mol. The summed E-state index contributed by atoms with van der Waals surface area (Å²) in [5.41, 5.74) is 0.443. The molecule has 1 atom stereocenters. The Labute approximate surface area is 171 Å². The molecule has 0 bridgehead atoms. The molecule has 1 saturated heterocycles. The molecule has 156 valence electrons. The van der Waals surface area contributed by atoms with Gasteiger partial charge in [0.05, 0.1) is 12.1 Å². The first-order chi connectivity index (χ1) is 14.4. The third-order valence-electron chi connectivity index (χ3n) is 5.23. The Morgan fingerprint density at radius 2 is 1.83 bits per heavy atom. The second kappa shape index (κ2) is 8.39. The van der Waals surface area contributed by atoms with Crippen LogP contribution in [-0.2, 0) is 12.7 Å². The van der Waals surface area contributed by atoms with Crippen molar-refractivity contribution in [1.29, 1.82) is 0 Å². The molecule has 0 saturated carbocycles. The minimum atomic E-state index is -4.39. The number of hydrogen-bond acceptors (Lipinski definition) is 5. The van der Waals surface area contributed by atoms with Crippen LogP contribution in [0.1, 0.15) is 34.7 Å². The molecule has 1 aliphatic rings. The number of benzene rings is 2. The summed E-state index contributed by atoms with van der Waals surface area (Å²) in [4.78, 5) is 19.1. The van der Waals surface area contributed by atoms with Gasteiger partial charge in [-0.2, -0.15) is 18.2 Å². The smallest absolute Gasteiger partial charge is 0.338 e. The van der Waals surface area contributed by atoms with Gasteiger partial charge in [0.15, 0.2) is 5.78 Å². The van der Waals surface area contributed by atoms with E-state index in [1.807, 2.05) is 30.3 Å². The van der Waals surface area contributed by atoms with Gasteiger partial charge in [-0.3, -0.25) is 9.69 Å². The van der Waals surface area contributed by atoms with Crippen LogP contribution < -0.4 is 0 Å². The molecule has 1 aromatic heterocycles. The minimum Gasteiger partial charge on any atom is -0.338 e. The highest BCUT2D eigenvalue weighted by atomic mass is 19.4. The number of aromatic nitrogens is 2. The Kier molecular flexibility index (Phi) is 5.67. The zero-order chi connectivity index (χ0) is 21.1. The Morgan fingerprint density at radius 1 is 1.10 bits per heavy atom. The number of ketones is 1. The van der Waals surface area contributed by atoms with Crippen molar-refractivity contribution in [3.63, 3.8) is 0 Å². The maximum absolute atomic E-state index is 12.7. The molecule has 3 aromatic rings. The summed E-state index contributed by atoms with van der Waals surface area (Å²) in [5.74, 6) is 0.667. The molecule has 1 unspecified atom stereocenters. The van der Waals surface area contributed by atoms with E-state index in [4.69, 9.17) is 4.52 Å². The Hall–Kier alpha value is -3.00. The molecule has 4 rings (SSSR count). The second-order valence-corrected chi connectivity index (χ2v) is 7.39. The number of alkyl halides is 3. The van der Waals surface area contributed by atoms with Gasteiger partial charge in [0.2, 0.25) is 11.7 Å². The van der Waals surface area contributed by atoms with E-state index in [0.29, 0.717) is 30.1 Å². The second-order valence-electron chi connectivity index (χ2n) is 7.39. The van der Waals surface area contributed by atoms with Gasteiger partial charge in [-0.25, -0.2) is 0 Å². The summed E-state index contributed by atoms with van der Waals surface area (Å²) in [6.07, 6.45) is -2.66. The third-order valence-corrected chi connectivity index (χ3v) is 5.23. The third kappa shape index (κ3) is 4.59. The van der Waals surface area contributed by atoms with Crippen molar-refractivity contribution < 1.29 is 22.5 Å². The van der Waals surface area contributed by atoms with E-state index >= 15 is 0 Å². The molecule has 0 radical (unpaired) electrons. The largest absolute Gasteiger partial charge is 0.416 e. The van der Waals surface area contributed by atoms with Gasteiger partial charge in [0, 0.05) is 23.6 Å². The number of carbonyl (C=O) groups is 1. The highest BCUT2D eigenvalue weighted by molar-refractivity contribution is 5.98. The summed E-state index contributed by atoms with van der Waals surface area (Å²) in [7, 11) is 0. The fourth-order valence-electron chi connectivity index (χ4n) is 3.69. The van der Waals surface area contributed by atoms with Gasteiger partial charge in [-0.1, -0.05) is 47.6 Å². The monoisotopic (exact) mass is 415 g/mol. The van der Waals surface area contributed by atoms with Crippen molar-refractivity contribution >= 4 is 5.78 Å². The predicted octanol–water partition coefficient (Wildman–Crippen LogP) is 4.85. The lowest BCUT2D eigenvalue weighted by molar-refractivity contribution is -0.137. The summed E-state index contributed by atoms with van der Waals surface area (Å²) in [6, 6.07) is 13.9. The summed E-state index contributed by atoms with van der Waals surface area (Å²) >= 11 is 0. The molecule has 0 N–H and O–H groups in total. The number of piperidine rings is 1. The molecule has 0 amide bonds. The lowest BCUT2D eigenvalue weighted by atomic mass is 9.90. The van der Waals surface area contributed by atoms with Crippen LogP contribution in [0.15, 0.2) is 59.1 Å². The maximum Gasteiger partial charge on any atom is 0.416 e. The standard InChI is InChI=1S/C22H20F3N3O2/c23-22(24,25)18-10-8-16(9-11-18)21-26-19(30-27-21)14-28-12-4-7-17(13-28)20(29)15-5-2-1-3-6-15/h1-3,5-6,8-11,17H,4,7,12-14H2. The molecule has 0 spiro atoms. The Morgan fingerprint density at radius 3 is 2.53 bits per heavy atom. The Balaban J connectivity index is 1.40. The fourth-order valence-corrected chi connectivity index (χ4v) is 3.69. The van der Waals surface area contributed by atoms with Crippen molar-refractivity contribution in [2.45, 2.75) is 25.6 Å². The van der Waals surface area contributed by atoms with E-state index in [1.165, 1.54) is 12.1 Å². The van der Waals surface area contributed by atoms with Crippen LogP contribution in [0.5, 0.6) is 0 Å². The first-order valence-electron chi connectivity index (χ1n) is 9.72. The summed E-state index contributed by atoms with van der Waals surface area (Å²) in [6.45, 7) is 1.81. The molecule has 8 heteroatoms. The van der Waals surface area contributed by atoms with Gasteiger partial charge in [0.1, 0.15) is 0 Å². The molecule has 1 fully saturated rings. The number of Topliss-reactive ketones (excluding diaryl/α,β-unsaturated/α-hetero) is 1. The van der Waals surface area contributed by atoms with Crippen LogP contribution in [0.4, 0.5) is 13.2 Å².